The first-order valence-corrected chi connectivity index (χ1v) is 9.92. The van der Waals surface area contributed by atoms with Crippen LogP contribution in [0, 0.1) is 0 Å². The van der Waals surface area contributed by atoms with Crippen molar-refractivity contribution in [1.82, 2.24) is 9.80 Å². The van der Waals surface area contributed by atoms with Gasteiger partial charge in [-0.15, -0.1) is 0 Å². The molecule has 2 atom stereocenters. The van der Waals surface area contributed by atoms with Crippen molar-refractivity contribution in [2.45, 2.75) is 38.0 Å². The number of aliphatic carboxylic acids is 1. The van der Waals surface area contributed by atoms with Gasteiger partial charge in [0.05, 0.1) is 0 Å². The second kappa shape index (κ2) is 10.0. The van der Waals surface area contributed by atoms with Gasteiger partial charge < -0.3 is 34.2 Å². The van der Waals surface area contributed by atoms with Crippen molar-refractivity contribution < 1.29 is 43.6 Å². The predicted octanol–water partition coefficient (Wildman–Crippen LogP) is 1.16. The number of carboxylic acid groups (broad SMARTS) is 2. The fraction of sp³-hybridized carbons (Fsp3) is 0.500. The highest BCUT2D eigenvalue weighted by Gasteiger charge is 2.34. The van der Waals surface area contributed by atoms with Gasteiger partial charge in [0.1, 0.15) is 17.5 Å². The van der Waals surface area contributed by atoms with Crippen LogP contribution in [0.25, 0.3) is 0 Å². The van der Waals surface area contributed by atoms with E-state index in [0.29, 0.717) is 50.3 Å². The Morgan fingerprint density at radius 3 is 2.10 bits per heavy atom. The van der Waals surface area contributed by atoms with Crippen molar-refractivity contribution in [2.75, 3.05) is 26.3 Å². The highest BCUT2D eigenvalue weighted by Crippen LogP contribution is 2.22. The summed E-state index contributed by atoms with van der Waals surface area (Å²) in [6.45, 7) is 0.150. The lowest BCUT2D eigenvalue weighted by Crippen LogP contribution is -2.42. The molecule has 3 rings (SSSR count). The molecule has 2 saturated heterocycles. The summed E-state index contributed by atoms with van der Waals surface area (Å²) in [6.07, 6.45) is -0.109. The minimum atomic E-state index is -1.44. The topological polar surface area (TPSA) is 143 Å². The molecule has 11 heteroatoms. The normalized spacial score (nSPS) is 20.4. The molecule has 2 amide bonds. The van der Waals surface area contributed by atoms with Gasteiger partial charge in [0, 0.05) is 25.6 Å². The average molecular weight is 436 g/mol. The monoisotopic (exact) mass is 436 g/mol. The largest absolute Gasteiger partial charge is 0.507 e. The van der Waals surface area contributed by atoms with Gasteiger partial charge >= 0.3 is 12.1 Å². The second-order valence-electron chi connectivity index (χ2n) is 7.20. The van der Waals surface area contributed by atoms with Crippen LogP contribution in [-0.4, -0.2) is 82.5 Å². The maximum Gasteiger partial charge on any atom is 0.507 e. The van der Waals surface area contributed by atoms with E-state index in [1.165, 1.54) is 15.9 Å². The Morgan fingerprint density at radius 1 is 0.903 bits per heavy atom. The van der Waals surface area contributed by atoms with Gasteiger partial charge in [0.15, 0.2) is 19.4 Å². The summed E-state index contributed by atoms with van der Waals surface area (Å²) < 4.78 is 15.7. The van der Waals surface area contributed by atoms with E-state index < -0.39 is 36.2 Å². The minimum Gasteiger partial charge on any atom is -0.484 e. The quantitative estimate of drug-likeness (QED) is 0.574. The molecule has 0 aliphatic carbocycles. The summed E-state index contributed by atoms with van der Waals surface area (Å²) in [6, 6.07) is 5.53. The Morgan fingerprint density at radius 2 is 1.48 bits per heavy atom. The molecule has 2 aliphatic heterocycles. The Bertz CT molecular complexity index is 844. The molecule has 2 heterocycles. The van der Waals surface area contributed by atoms with E-state index in [2.05, 4.69) is 0 Å². The molecule has 1 aromatic carbocycles. The van der Waals surface area contributed by atoms with Crippen molar-refractivity contribution in [3.05, 3.63) is 24.3 Å². The third-order valence-corrected chi connectivity index (χ3v) is 5.14. The third kappa shape index (κ3) is 5.77. The van der Waals surface area contributed by atoms with E-state index in [0.717, 1.165) is 0 Å². The zero-order chi connectivity index (χ0) is 22.4. The summed E-state index contributed by atoms with van der Waals surface area (Å²) >= 11 is 0. The van der Waals surface area contributed by atoms with Crippen LogP contribution in [0.2, 0.25) is 0 Å². The molecule has 2 aliphatic rings. The van der Waals surface area contributed by atoms with Crippen LogP contribution in [0.1, 0.15) is 25.7 Å². The Balaban J connectivity index is 1.50. The number of amides is 2. The van der Waals surface area contributed by atoms with Crippen molar-refractivity contribution in [3.8, 4) is 11.5 Å². The summed E-state index contributed by atoms with van der Waals surface area (Å²) in [5.41, 5.74) is 0. The Hall–Kier alpha value is -3.50. The number of rotatable bonds is 8. The fourth-order valence-electron chi connectivity index (χ4n) is 3.69. The number of carbonyl (C=O) groups excluding carboxylic acids is 2. The number of ether oxygens (including phenoxy) is 3. The van der Waals surface area contributed by atoms with Crippen molar-refractivity contribution >= 4 is 23.9 Å². The third-order valence-electron chi connectivity index (χ3n) is 5.14. The van der Waals surface area contributed by atoms with E-state index in [-0.39, 0.29) is 13.2 Å². The summed E-state index contributed by atoms with van der Waals surface area (Å²) in [7, 11) is 0. The molecule has 1 aromatic rings. The van der Waals surface area contributed by atoms with Gasteiger partial charge in [0.2, 0.25) is 0 Å². The van der Waals surface area contributed by atoms with Crippen LogP contribution in [0.3, 0.4) is 0 Å². The maximum atomic E-state index is 12.3. The molecule has 0 bridgehead atoms. The van der Waals surface area contributed by atoms with Crippen molar-refractivity contribution in [3.63, 3.8) is 0 Å². The molecule has 0 aromatic heterocycles. The second-order valence-corrected chi connectivity index (χ2v) is 7.20. The van der Waals surface area contributed by atoms with E-state index in [4.69, 9.17) is 19.3 Å². The minimum absolute atomic E-state index is 0.310. The lowest BCUT2D eigenvalue weighted by atomic mass is 10.2. The van der Waals surface area contributed by atoms with Gasteiger partial charge in [-0.2, -0.15) is 0 Å². The van der Waals surface area contributed by atoms with Crippen LogP contribution in [0.15, 0.2) is 24.3 Å². The van der Waals surface area contributed by atoms with Crippen molar-refractivity contribution in [1.29, 1.82) is 0 Å². The van der Waals surface area contributed by atoms with Gasteiger partial charge in [0.25, 0.3) is 11.8 Å². The maximum absolute atomic E-state index is 12.3. The lowest BCUT2D eigenvalue weighted by molar-refractivity contribution is -0.149. The standard InChI is InChI=1S/C20H24N2O9/c23-16(21-8-2-6-15(21)19(25)26)11-29-13-4-1-5-14(10-13)30-12-17(24)22-9-3-7-18(22)31-20(27)28/h1,4-5,10,15,18H,2-3,6-9,11-12H2,(H,25,26)(H,27,28)/t15-,18-/m1/s1. The molecule has 168 valence electrons. The lowest BCUT2D eigenvalue weighted by Gasteiger charge is -2.23. The van der Waals surface area contributed by atoms with Crippen LogP contribution in [0.5, 0.6) is 11.5 Å². The Kier molecular flexibility index (Phi) is 7.16. The number of likely N-dealkylation sites (tertiary alicyclic amines) is 2. The first kappa shape index (κ1) is 22.2. The van der Waals surface area contributed by atoms with Crippen LogP contribution in [0.4, 0.5) is 4.79 Å². The molecule has 2 fully saturated rings. The van der Waals surface area contributed by atoms with E-state index in [1.54, 1.807) is 18.2 Å². The number of carboxylic acids is 1. The van der Waals surface area contributed by atoms with Gasteiger partial charge in [-0.05, 0) is 31.4 Å². The zero-order valence-electron chi connectivity index (χ0n) is 16.8. The molecule has 0 saturated carbocycles. The molecule has 0 radical (unpaired) electrons. The molecule has 31 heavy (non-hydrogen) atoms. The predicted molar refractivity (Wildman–Crippen MR) is 104 cm³/mol. The van der Waals surface area contributed by atoms with Crippen LogP contribution >= 0.6 is 0 Å². The van der Waals surface area contributed by atoms with Gasteiger partial charge in [-0.25, -0.2) is 9.59 Å². The molecule has 0 spiro atoms. The molecular weight excluding hydrogens is 412 g/mol. The number of carbonyl (C=O) groups is 4. The number of hydrogen-bond acceptors (Lipinski definition) is 7. The SMILES string of the molecule is O=C(O)O[C@@H]1CCCN1C(=O)COc1cccc(OCC(=O)N2CCC[C@@H]2C(=O)O)c1. The first-order chi connectivity index (χ1) is 14.8. The zero-order valence-corrected chi connectivity index (χ0v) is 16.8. The Labute approximate surface area is 178 Å². The smallest absolute Gasteiger partial charge is 0.484 e. The van der Waals surface area contributed by atoms with Crippen molar-refractivity contribution in [2.24, 2.45) is 0 Å². The number of benzene rings is 1. The van der Waals surface area contributed by atoms with E-state index in [1.807, 2.05) is 0 Å². The number of hydrogen-bond donors (Lipinski definition) is 2. The van der Waals surface area contributed by atoms with E-state index >= 15 is 0 Å². The fourth-order valence-corrected chi connectivity index (χ4v) is 3.69. The number of nitrogens with zero attached hydrogens (tertiary/aromatic N) is 2. The van der Waals surface area contributed by atoms with Gasteiger partial charge in [-0.3, -0.25) is 9.59 Å². The van der Waals surface area contributed by atoms with Gasteiger partial charge in [-0.1, -0.05) is 6.07 Å². The molecular formula is C20H24N2O9. The highest BCUT2D eigenvalue weighted by molar-refractivity contribution is 5.85. The molecule has 2 N–H and O–H groups in total. The summed E-state index contributed by atoms with van der Waals surface area (Å²) in [4.78, 5) is 49.2. The molecule has 0 unspecified atom stereocenters. The van der Waals surface area contributed by atoms with Crippen LogP contribution in [-0.2, 0) is 19.1 Å². The average Bonchev–Trinajstić information content (AvgIpc) is 3.40. The summed E-state index contributed by atoms with van der Waals surface area (Å²) in [5.74, 6) is -1.18. The van der Waals surface area contributed by atoms with E-state index in [9.17, 15) is 24.3 Å². The summed E-state index contributed by atoms with van der Waals surface area (Å²) in [5, 5.41) is 17.9. The van der Waals surface area contributed by atoms with Crippen LogP contribution < -0.4 is 9.47 Å². The highest BCUT2D eigenvalue weighted by atomic mass is 16.7. The molecule has 11 nitrogen and oxygen atoms in total. The first-order valence-electron chi connectivity index (χ1n) is 9.92.